The van der Waals surface area contributed by atoms with Gasteiger partial charge in [-0.15, -0.1) is 0 Å². The molecular weight excluding hydrogens is 270 g/mol. The Labute approximate surface area is 123 Å². The Morgan fingerprint density at radius 2 is 2.05 bits per heavy atom. The number of carboxylic acid groups (broad SMARTS) is 1. The predicted octanol–water partition coefficient (Wildman–Crippen LogP) is -0.243. The Morgan fingerprint density at radius 3 is 2.62 bits per heavy atom. The summed E-state index contributed by atoms with van der Waals surface area (Å²) < 4.78 is 1.71. The third-order valence-corrected chi connectivity index (χ3v) is 5.06. The second-order valence-corrected chi connectivity index (χ2v) is 6.34. The zero-order valence-electron chi connectivity index (χ0n) is 12.3. The molecule has 2 aliphatic rings. The van der Waals surface area contributed by atoms with Crippen molar-refractivity contribution in [2.75, 3.05) is 0 Å². The summed E-state index contributed by atoms with van der Waals surface area (Å²) in [5, 5.41) is 18.4. The molecule has 3 rings (SSSR count). The lowest BCUT2D eigenvalue weighted by Gasteiger charge is -2.30. The van der Waals surface area contributed by atoms with Gasteiger partial charge >= 0.3 is 0 Å². The van der Waals surface area contributed by atoms with Crippen molar-refractivity contribution in [3.63, 3.8) is 0 Å². The number of fused-ring (bicyclic) bond motifs is 2. The van der Waals surface area contributed by atoms with Gasteiger partial charge in [-0.05, 0) is 38.0 Å². The first-order valence-electron chi connectivity index (χ1n) is 7.45. The fourth-order valence-corrected chi connectivity index (χ4v) is 4.13. The zero-order chi connectivity index (χ0) is 15.1. The SMILES string of the molecule is Cc1nn(C)cc1CNC(=O)[C@H]1[C@H]2CC[C@@H](C2)[C@@H]1C(=O)[O-]. The van der Waals surface area contributed by atoms with E-state index in [2.05, 4.69) is 10.4 Å². The average molecular weight is 290 g/mol. The Balaban J connectivity index is 1.67. The van der Waals surface area contributed by atoms with E-state index in [0.29, 0.717) is 6.54 Å². The summed E-state index contributed by atoms with van der Waals surface area (Å²) in [5.41, 5.74) is 1.83. The standard InChI is InChI=1S/C15H21N3O3/c1-8-11(7-18(2)17-8)6-16-14(19)12-9-3-4-10(5-9)13(12)15(20)21/h7,9-10,12-13H,3-6H2,1-2H3,(H,16,19)(H,20,21)/p-1/t9-,10-,12-,13-/m0/s1. The van der Waals surface area contributed by atoms with Crippen molar-refractivity contribution in [2.24, 2.45) is 30.7 Å². The van der Waals surface area contributed by atoms with Gasteiger partial charge in [-0.1, -0.05) is 0 Å². The molecule has 114 valence electrons. The van der Waals surface area contributed by atoms with Crippen LogP contribution in [0.5, 0.6) is 0 Å². The molecule has 2 aliphatic carbocycles. The maximum absolute atomic E-state index is 12.4. The number of amides is 1. The van der Waals surface area contributed by atoms with Gasteiger partial charge in [-0.2, -0.15) is 5.10 Å². The Morgan fingerprint density at radius 1 is 1.38 bits per heavy atom. The Kier molecular flexibility index (Phi) is 3.47. The highest BCUT2D eigenvalue weighted by atomic mass is 16.4. The second kappa shape index (κ2) is 5.16. The molecule has 1 amide bonds. The van der Waals surface area contributed by atoms with Gasteiger partial charge in [0, 0.05) is 43.2 Å². The molecule has 21 heavy (non-hydrogen) atoms. The van der Waals surface area contributed by atoms with Crippen molar-refractivity contribution >= 4 is 11.9 Å². The lowest BCUT2D eigenvalue weighted by Crippen LogP contribution is -2.45. The number of aromatic nitrogens is 2. The van der Waals surface area contributed by atoms with Gasteiger partial charge in [-0.3, -0.25) is 9.48 Å². The van der Waals surface area contributed by atoms with Gasteiger partial charge in [0.25, 0.3) is 0 Å². The molecule has 0 radical (unpaired) electrons. The highest BCUT2D eigenvalue weighted by Crippen LogP contribution is 2.52. The fraction of sp³-hybridized carbons (Fsp3) is 0.667. The first kappa shape index (κ1) is 14.1. The lowest BCUT2D eigenvalue weighted by molar-refractivity contribution is -0.314. The maximum Gasteiger partial charge on any atom is 0.224 e. The van der Waals surface area contributed by atoms with Crippen molar-refractivity contribution < 1.29 is 14.7 Å². The third-order valence-electron chi connectivity index (χ3n) is 5.06. The molecule has 0 aliphatic heterocycles. The van der Waals surface area contributed by atoms with Gasteiger partial charge in [0.05, 0.1) is 5.69 Å². The van der Waals surface area contributed by atoms with E-state index in [1.807, 2.05) is 20.2 Å². The average Bonchev–Trinajstić information content (AvgIpc) is 3.09. The number of nitrogens with zero attached hydrogens (tertiary/aromatic N) is 2. The Bertz CT molecular complexity index is 581. The summed E-state index contributed by atoms with van der Waals surface area (Å²) in [5.74, 6) is -1.94. The van der Waals surface area contributed by atoms with Gasteiger partial charge in [0.2, 0.25) is 5.91 Å². The van der Waals surface area contributed by atoms with E-state index in [0.717, 1.165) is 30.5 Å². The molecule has 1 heterocycles. The summed E-state index contributed by atoms with van der Waals surface area (Å²) >= 11 is 0. The molecule has 0 unspecified atom stereocenters. The molecule has 6 nitrogen and oxygen atoms in total. The number of aliphatic carboxylic acids is 1. The van der Waals surface area contributed by atoms with Crippen LogP contribution in [0.1, 0.15) is 30.5 Å². The van der Waals surface area contributed by atoms with Crippen molar-refractivity contribution in [1.29, 1.82) is 0 Å². The van der Waals surface area contributed by atoms with Crippen LogP contribution in [0.4, 0.5) is 0 Å². The summed E-state index contributed by atoms with van der Waals surface area (Å²) in [4.78, 5) is 23.7. The molecule has 0 spiro atoms. The van der Waals surface area contributed by atoms with Gasteiger partial charge < -0.3 is 15.2 Å². The topological polar surface area (TPSA) is 87.0 Å². The molecule has 1 aromatic rings. The van der Waals surface area contributed by atoms with E-state index in [9.17, 15) is 14.7 Å². The number of aryl methyl sites for hydroxylation is 2. The van der Waals surface area contributed by atoms with Gasteiger partial charge in [0.15, 0.2) is 0 Å². The van der Waals surface area contributed by atoms with Crippen LogP contribution in [0, 0.1) is 30.6 Å². The van der Waals surface area contributed by atoms with Crippen molar-refractivity contribution in [1.82, 2.24) is 15.1 Å². The normalized spacial score (nSPS) is 30.6. The number of carbonyl (C=O) groups is 2. The van der Waals surface area contributed by atoms with Crippen LogP contribution in [0.15, 0.2) is 6.20 Å². The number of carbonyl (C=O) groups excluding carboxylic acids is 2. The minimum atomic E-state index is -1.07. The van der Waals surface area contributed by atoms with Crippen LogP contribution < -0.4 is 10.4 Å². The number of rotatable bonds is 4. The molecule has 4 atom stereocenters. The minimum absolute atomic E-state index is 0.121. The molecule has 1 N–H and O–H groups in total. The molecule has 2 saturated carbocycles. The fourth-order valence-electron chi connectivity index (χ4n) is 4.13. The van der Waals surface area contributed by atoms with Crippen LogP contribution in [0.3, 0.4) is 0 Å². The van der Waals surface area contributed by atoms with E-state index in [-0.39, 0.29) is 17.7 Å². The first-order chi connectivity index (χ1) is 9.97. The third kappa shape index (κ3) is 2.43. The minimum Gasteiger partial charge on any atom is -0.550 e. The molecular formula is C15H20N3O3-. The Hall–Kier alpha value is -1.85. The molecule has 0 saturated heterocycles. The van der Waals surface area contributed by atoms with Crippen molar-refractivity contribution in [3.8, 4) is 0 Å². The summed E-state index contributed by atoms with van der Waals surface area (Å²) in [6.45, 7) is 2.29. The monoisotopic (exact) mass is 290 g/mol. The molecule has 2 bridgehead atoms. The van der Waals surface area contributed by atoms with E-state index in [1.165, 1.54) is 0 Å². The summed E-state index contributed by atoms with van der Waals surface area (Å²) in [6, 6.07) is 0. The summed E-state index contributed by atoms with van der Waals surface area (Å²) in [7, 11) is 1.83. The number of hydrogen-bond donors (Lipinski definition) is 1. The van der Waals surface area contributed by atoms with Crippen LogP contribution in [0.25, 0.3) is 0 Å². The van der Waals surface area contributed by atoms with Gasteiger partial charge in [-0.25, -0.2) is 0 Å². The van der Waals surface area contributed by atoms with E-state index in [4.69, 9.17) is 0 Å². The van der Waals surface area contributed by atoms with E-state index in [1.54, 1.807) is 4.68 Å². The second-order valence-electron chi connectivity index (χ2n) is 6.34. The lowest BCUT2D eigenvalue weighted by atomic mass is 9.78. The summed E-state index contributed by atoms with van der Waals surface area (Å²) in [6.07, 6.45) is 4.59. The molecule has 0 aromatic carbocycles. The highest BCUT2D eigenvalue weighted by Gasteiger charge is 2.51. The largest absolute Gasteiger partial charge is 0.550 e. The predicted molar refractivity (Wildman–Crippen MR) is 72.6 cm³/mol. The molecule has 1 aromatic heterocycles. The highest BCUT2D eigenvalue weighted by molar-refractivity contribution is 5.85. The number of nitrogens with one attached hydrogen (secondary N) is 1. The van der Waals surface area contributed by atoms with Crippen LogP contribution in [-0.2, 0) is 23.2 Å². The van der Waals surface area contributed by atoms with E-state index >= 15 is 0 Å². The van der Waals surface area contributed by atoms with E-state index < -0.39 is 17.8 Å². The first-order valence-corrected chi connectivity index (χ1v) is 7.45. The van der Waals surface area contributed by atoms with Gasteiger partial charge in [0.1, 0.15) is 0 Å². The van der Waals surface area contributed by atoms with Crippen LogP contribution in [0.2, 0.25) is 0 Å². The number of hydrogen-bond acceptors (Lipinski definition) is 4. The molecule has 2 fully saturated rings. The van der Waals surface area contributed by atoms with Crippen LogP contribution in [-0.4, -0.2) is 21.7 Å². The van der Waals surface area contributed by atoms with Crippen LogP contribution >= 0.6 is 0 Å². The van der Waals surface area contributed by atoms with Crippen molar-refractivity contribution in [2.45, 2.75) is 32.7 Å². The quantitative estimate of drug-likeness (QED) is 0.829. The maximum atomic E-state index is 12.4. The molecule has 6 heteroatoms. The number of carboxylic acids is 1. The van der Waals surface area contributed by atoms with Crippen molar-refractivity contribution in [3.05, 3.63) is 17.5 Å². The smallest absolute Gasteiger partial charge is 0.224 e. The zero-order valence-corrected chi connectivity index (χ0v) is 12.3.